The van der Waals surface area contributed by atoms with E-state index in [1.54, 1.807) is 4.90 Å². The minimum absolute atomic E-state index is 0.125. The highest BCUT2D eigenvalue weighted by Gasteiger charge is 2.27. The van der Waals surface area contributed by atoms with E-state index in [-0.39, 0.29) is 5.91 Å². The van der Waals surface area contributed by atoms with Crippen molar-refractivity contribution in [3.63, 3.8) is 0 Å². The molecule has 1 N–H and O–H groups in total. The first-order chi connectivity index (χ1) is 9.29. The highest BCUT2D eigenvalue weighted by atomic mass is 16.4. The summed E-state index contributed by atoms with van der Waals surface area (Å²) in [7, 11) is 1.81. The lowest BCUT2D eigenvalue weighted by Crippen LogP contribution is -2.28. The first-order valence-corrected chi connectivity index (χ1v) is 6.28. The van der Waals surface area contributed by atoms with Gasteiger partial charge in [0.15, 0.2) is 0 Å². The van der Waals surface area contributed by atoms with E-state index in [4.69, 9.17) is 4.42 Å². The third-order valence-corrected chi connectivity index (χ3v) is 3.22. The Labute approximate surface area is 111 Å². The van der Waals surface area contributed by atoms with E-state index < -0.39 is 0 Å². The fourth-order valence-corrected chi connectivity index (χ4v) is 2.32. The number of para-hydroxylation sites is 1. The number of hydrogen-bond acceptors (Lipinski definition) is 4. The van der Waals surface area contributed by atoms with Gasteiger partial charge in [0.1, 0.15) is 0 Å². The Kier molecular flexibility index (Phi) is 3.05. The molecule has 5 heteroatoms. The molecular formula is C14H15N3O2. The van der Waals surface area contributed by atoms with Gasteiger partial charge in [-0.1, -0.05) is 18.2 Å². The average Bonchev–Trinajstić information content (AvgIpc) is 3.05. The second kappa shape index (κ2) is 4.85. The third-order valence-electron chi connectivity index (χ3n) is 3.22. The predicted molar refractivity (Wildman–Crippen MR) is 71.1 cm³/mol. The van der Waals surface area contributed by atoms with E-state index in [9.17, 15) is 4.79 Å². The maximum Gasteiger partial charge on any atom is 0.295 e. The van der Waals surface area contributed by atoms with Gasteiger partial charge in [0.05, 0.1) is 12.7 Å². The molecule has 0 spiro atoms. The Morgan fingerprint density at radius 1 is 1.47 bits per heavy atom. The van der Waals surface area contributed by atoms with Crippen LogP contribution in [-0.4, -0.2) is 24.5 Å². The second-order valence-corrected chi connectivity index (χ2v) is 4.48. The molecule has 5 nitrogen and oxygen atoms in total. The van der Waals surface area contributed by atoms with Crippen LogP contribution >= 0.6 is 0 Å². The van der Waals surface area contributed by atoms with Gasteiger partial charge in [0, 0.05) is 12.2 Å². The van der Waals surface area contributed by atoms with Crippen molar-refractivity contribution in [2.45, 2.75) is 13.0 Å². The van der Waals surface area contributed by atoms with Gasteiger partial charge in [-0.3, -0.25) is 4.79 Å². The maximum atomic E-state index is 12.4. The molecule has 0 fully saturated rings. The molecule has 0 unspecified atom stereocenters. The Bertz CT molecular complexity index is 606. The van der Waals surface area contributed by atoms with Crippen LogP contribution in [0.15, 0.2) is 34.9 Å². The lowest BCUT2D eigenvalue weighted by Gasteiger charge is -2.15. The fraction of sp³-hybridized carbons (Fsp3) is 0.286. The lowest BCUT2D eigenvalue weighted by molar-refractivity contribution is 0.0961. The minimum atomic E-state index is -0.125. The molecule has 3 rings (SSSR count). The van der Waals surface area contributed by atoms with Crippen LogP contribution in [0.1, 0.15) is 22.0 Å². The molecule has 1 aliphatic rings. The van der Waals surface area contributed by atoms with Crippen LogP contribution in [0.3, 0.4) is 0 Å². The quantitative estimate of drug-likeness (QED) is 0.907. The molecule has 19 heavy (non-hydrogen) atoms. The van der Waals surface area contributed by atoms with E-state index in [1.165, 1.54) is 11.8 Å². The van der Waals surface area contributed by atoms with Crippen LogP contribution in [-0.2, 0) is 13.0 Å². The molecule has 0 saturated carbocycles. The Morgan fingerprint density at radius 2 is 2.32 bits per heavy atom. The van der Waals surface area contributed by atoms with Crippen molar-refractivity contribution in [2.75, 3.05) is 18.5 Å². The Hall–Kier alpha value is -2.14. The predicted octanol–water partition coefficient (Wildman–Crippen LogP) is 1.60. The van der Waals surface area contributed by atoms with E-state index in [0.717, 1.165) is 12.1 Å². The second-order valence-electron chi connectivity index (χ2n) is 4.48. The first-order valence-electron chi connectivity index (χ1n) is 6.28. The number of anilines is 1. The van der Waals surface area contributed by atoms with Crippen molar-refractivity contribution in [3.8, 4) is 0 Å². The topological polar surface area (TPSA) is 58.4 Å². The molecular weight excluding hydrogens is 242 g/mol. The number of nitrogens with zero attached hydrogens (tertiary/aromatic N) is 2. The molecule has 98 valence electrons. The van der Waals surface area contributed by atoms with Crippen LogP contribution in [0.5, 0.6) is 0 Å². The molecule has 1 aromatic carbocycles. The standard InChI is InChI=1S/C14H15N3O2/c1-15-9-13-16-8-12(19-13)14(18)17-7-6-10-4-2-3-5-11(10)17/h2-5,8,15H,6-7,9H2,1H3. The number of amides is 1. The van der Waals surface area contributed by atoms with E-state index >= 15 is 0 Å². The van der Waals surface area contributed by atoms with Gasteiger partial charge in [0.2, 0.25) is 11.7 Å². The van der Waals surface area contributed by atoms with Gasteiger partial charge in [-0.15, -0.1) is 0 Å². The van der Waals surface area contributed by atoms with Crippen molar-refractivity contribution in [1.82, 2.24) is 10.3 Å². The van der Waals surface area contributed by atoms with Crippen molar-refractivity contribution in [3.05, 3.63) is 47.7 Å². The smallest absolute Gasteiger partial charge is 0.295 e. The fourth-order valence-electron chi connectivity index (χ4n) is 2.32. The zero-order chi connectivity index (χ0) is 13.2. The molecule has 1 aromatic heterocycles. The zero-order valence-electron chi connectivity index (χ0n) is 10.7. The van der Waals surface area contributed by atoms with Crippen LogP contribution in [0.25, 0.3) is 0 Å². The number of nitrogens with one attached hydrogen (secondary N) is 1. The molecule has 2 heterocycles. The highest BCUT2D eigenvalue weighted by Crippen LogP contribution is 2.28. The monoisotopic (exact) mass is 257 g/mol. The third kappa shape index (κ3) is 2.13. The van der Waals surface area contributed by atoms with Crippen LogP contribution < -0.4 is 10.2 Å². The summed E-state index contributed by atoms with van der Waals surface area (Å²) in [6.45, 7) is 1.21. The van der Waals surface area contributed by atoms with E-state index in [0.29, 0.717) is 24.7 Å². The van der Waals surface area contributed by atoms with Crippen LogP contribution in [0.2, 0.25) is 0 Å². The summed E-state index contributed by atoms with van der Waals surface area (Å²) in [5.41, 5.74) is 2.17. The SMILES string of the molecule is CNCc1ncc(C(=O)N2CCc3ccccc32)o1. The van der Waals surface area contributed by atoms with Gasteiger partial charge < -0.3 is 14.6 Å². The molecule has 0 atom stereocenters. The summed E-state index contributed by atoms with van der Waals surface area (Å²) < 4.78 is 5.45. The van der Waals surface area contributed by atoms with E-state index in [1.807, 2.05) is 25.2 Å². The lowest BCUT2D eigenvalue weighted by atomic mass is 10.2. The van der Waals surface area contributed by atoms with E-state index in [2.05, 4.69) is 16.4 Å². The maximum absolute atomic E-state index is 12.4. The van der Waals surface area contributed by atoms with Crippen molar-refractivity contribution >= 4 is 11.6 Å². The summed E-state index contributed by atoms with van der Waals surface area (Å²) in [6.07, 6.45) is 2.38. The number of benzene rings is 1. The van der Waals surface area contributed by atoms with Gasteiger partial charge in [-0.25, -0.2) is 4.98 Å². The minimum Gasteiger partial charge on any atom is -0.434 e. The summed E-state index contributed by atoms with van der Waals surface area (Å²) >= 11 is 0. The Morgan fingerprint density at radius 3 is 3.16 bits per heavy atom. The molecule has 0 radical (unpaired) electrons. The number of aromatic nitrogens is 1. The van der Waals surface area contributed by atoms with Crippen LogP contribution in [0.4, 0.5) is 5.69 Å². The molecule has 0 saturated heterocycles. The normalized spacial score (nSPS) is 13.6. The molecule has 2 aromatic rings. The molecule has 1 aliphatic heterocycles. The number of hydrogen-bond donors (Lipinski definition) is 1. The first kappa shape index (κ1) is 11.9. The zero-order valence-corrected chi connectivity index (χ0v) is 10.7. The van der Waals surface area contributed by atoms with Gasteiger partial charge in [-0.2, -0.15) is 0 Å². The van der Waals surface area contributed by atoms with Gasteiger partial charge >= 0.3 is 0 Å². The van der Waals surface area contributed by atoms with Gasteiger partial charge in [0.25, 0.3) is 5.91 Å². The summed E-state index contributed by atoms with van der Waals surface area (Å²) in [4.78, 5) is 18.2. The highest BCUT2D eigenvalue weighted by molar-refractivity contribution is 6.05. The molecule has 0 bridgehead atoms. The largest absolute Gasteiger partial charge is 0.434 e. The van der Waals surface area contributed by atoms with Gasteiger partial charge in [-0.05, 0) is 25.1 Å². The Balaban J connectivity index is 1.85. The summed E-state index contributed by atoms with van der Waals surface area (Å²) in [5, 5.41) is 2.94. The van der Waals surface area contributed by atoms with Crippen molar-refractivity contribution in [1.29, 1.82) is 0 Å². The number of carbonyl (C=O) groups is 1. The average molecular weight is 257 g/mol. The number of oxazole rings is 1. The molecule has 1 amide bonds. The van der Waals surface area contributed by atoms with Crippen LogP contribution in [0, 0.1) is 0 Å². The molecule has 0 aliphatic carbocycles. The summed E-state index contributed by atoms with van der Waals surface area (Å²) in [6, 6.07) is 7.95. The number of rotatable bonds is 3. The van der Waals surface area contributed by atoms with Crippen molar-refractivity contribution in [2.24, 2.45) is 0 Å². The number of carbonyl (C=O) groups excluding carboxylic acids is 1. The number of fused-ring (bicyclic) bond motifs is 1. The van der Waals surface area contributed by atoms with Crippen molar-refractivity contribution < 1.29 is 9.21 Å². The summed E-state index contributed by atoms with van der Waals surface area (Å²) in [5.74, 6) is 0.695.